The predicted molar refractivity (Wildman–Crippen MR) is 88.7 cm³/mol. The van der Waals surface area contributed by atoms with Gasteiger partial charge in [0.2, 0.25) is 0 Å². The minimum Gasteiger partial charge on any atom is -0.493 e. The number of nitro benzene ring substituents is 1. The van der Waals surface area contributed by atoms with Gasteiger partial charge in [-0.05, 0) is 12.5 Å². The molecule has 0 bridgehead atoms. The molecule has 1 aromatic rings. The zero-order valence-corrected chi connectivity index (χ0v) is 14.6. The van der Waals surface area contributed by atoms with E-state index in [-0.39, 0.29) is 29.2 Å². The Hall–Kier alpha value is -2.07. The monoisotopic (exact) mass is 377 g/mol. The quantitative estimate of drug-likeness (QED) is 0.582. The lowest BCUT2D eigenvalue weighted by Crippen LogP contribution is -2.45. The van der Waals surface area contributed by atoms with Gasteiger partial charge >= 0.3 is 6.18 Å². The molecule has 1 atom stereocenters. The molecule has 1 saturated heterocycles. The summed E-state index contributed by atoms with van der Waals surface area (Å²) >= 11 is 0. The van der Waals surface area contributed by atoms with Crippen molar-refractivity contribution in [1.82, 2.24) is 10.2 Å². The van der Waals surface area contributed by atoms with Gasteiger partial charge in [0, 0.05) is 38.6 Å². The van der Waals surface area contributed by atoms with Gasteiger partial charge < -0.3 is 14.8 Å². The number of hydrogen-bond donors (Lipinski definition) is 1. The summed E-state index contributed by atoms with van der Waals surface area (Å²) in [7, 11) is 2.72. The molecule has 1 fully saturated rings. The van der Waals surface area contributed by atoms with E-state index in [0.29, 0.717) is 26.2 Å². The molecule has 0 radical (unpaired) electrons. The predicted octanol–water partition coefficient (Wildman–Crippen LogP) is 2.90. The SMILES string of the molecule is COc1cc([C@H](CCC(F)(F)F)N2CCNCC2)c([N+](=O)[O-])cc1OC. The molecule has 1 aliphatic heterocycles. The van der Waals surface area contributed by atoms with Crippen LogP contribution in [-0.2, 0) is 0 Å². The Balaban J connectivity index is 2.48. The van der Waals surface area contributed by atoms with E-state index in [1.165, 1.54) is 26.4 Å². The van der Waals surface area contributed by atoms with Crippen LogP contribution in [0.3, 0.4) is 0 Å². The van der Waals surface area contributed by atoms with Crippen LogP contribution in [0.5, 0.6) is 11.5 Å². The van der Waals surface area contributed by atoms with Gasteiger partial charge in [-0.1, -0.05) is 0 Å². The summed E-state index contributed by atoms with van der Waals surface area (Å²) in [6.07, 6.45) is -5.62. The number of ether oxygens (including phenoxy) is 2. The number of nitrogens with zero attached hydrogens (tertiary/aromatic N) is 2. The number of halogens is 3. The summed E-state index contributed by atoms with van der Waals surface area (Å²) in [5.41, 5.74) is -0.0628. The van der Waals surface area contributed by atoms with Crippen molar-refractivity contribution >= 4 is 5.69 Å². The summed E-state index contributed by atoms with van der Waals surface area (Å²) < 4.78 is 48.7. The van der Waals surface area contributed by atoms with Crippen molar-refractivity contribution in [2.75, 3.05) is 40.4 Å². The maximum absolute atomic E-state index is 12.8. The van der Waals surface area contributed by atoms with E-state index in [0.717, 1.165) is 0 Å². The average molecular weight is 377 g/mol. The smallest absolute Gasteiger partial charge is 0.389 e. The van der Waals surface area contributed by atoms with Crippen LogP contribution in [0.4, 0.5) is 18.9 Å². The number of benzene rings is 1. The number of hydrogen-bond acceptors (Lipinski definition) is 6. The molecule has 10 heteroatoms. The van der Waals surface area contributed by atoms with Crippen LogP contribution in [0, 0.1) is 10.1 Å². The third-order valence-corrected chi connectivity index (χ3v) is 4.38. The second kappa shape index (κ2) is 8.54. The van der Waals surface area contributed by atoms with Gasteiger partial charge in [-0.3, -0.25) is 15.0 Å². The minimum atomic E-state index is -4.34. The van der Waals surface area contributed by atoms with Crippen LogP contribution in [0.15, 0.2) is 12.1 Å². The lowest BCUT2D eigenvalue weighted by atomic mass is 9.97. The average Bonchev–Trinajstić information content (AvgIpc) is 2.61. The maximum Gasteiger partial charge on any atom is 0.389 e. The molecule has 26 heavy (non-hydrogen) atoms. The van der Waals surface area contributed by atoms with Crippen LogP contribution in [0.2, 0.25) is 0 Å². The number of alkyl halides is 3. The first-order valence-electron chi connectivity index (χ1n) is 8.18. The molecule has 0 amide bonds. The Labute approximate surface area is 149 Å². The van der Waals surface area contributed by atoms with Crippen LogP contribution in [0.1, 0.15) is 24.4 Å². The molecule has 0 unspecified atom stereocenters. The van der Waals surface area contributed by atoms with Crippen molar-refractivity contribution in [1.29, 1.82) is 0 Å². The highest BCUT2D eigenvalue weighted by Gasteiger charge is 2.35. The Morgan fingerprint density at radius 3 is 2.31 bits per heavy atom. The van der Waals surface area contributed by atoms with E-state index in [4.69, 9.17) is 9.47 Å². The molecule has 0 spiro atoms. The Morgan fingerprint density at radius 2 is 1.81 bits per heavy atom. The highest BCUT2D eigenvalue weighted by Crippen LogP contribution is 2.41. The molecule has 2 rings (SSSR count). The standard InChI is InChI=1S/C16H22F3N3O4/c1-25-14-9-11(13(22(23)24)10-15(14)26-2)12(3-4-16(17,18)19)21-7-5-20-6-8-21/h9-10,12,20H,3-8H2,1-2H3/t12-/m0/s1. The highest BCUT2D eigenvalue weighted by molar-refractivity contribution is 5.55. The summed E-state index contributed by atoms with van der Waals surface area (Å²) in [5.74, 6) is 0.415. The molecule has 0 saturated carbocycles. The minimum absolute atomic E-state index is 0.165. The summed E-state index contributed by atoms with van der Waals surface area (Å²) in [5, 5.41) is 14.7. The van der Waals surface area contributed by atoms with Gasteiger partial charge in [0.15, 0.2) is 11.5 Å². The second-order valence-electron chi connectivity index (χ2n) is 5.98. The fourth-order valence-electron chi connectivity index (χ4n) is 3.14. The molecule has 1 N–H and O–H groups in total. The van der Waals surface area contributed by atoms with Gasteiger partial charge in [-0.2, -0.15) is 13.2 Å². The van der Waals surface area contributed by atoms with Gasteiger partial charge in [0.05, 0.1) is 30.8 Å². The van der Waals surface area contributed by atoms with E-state index in [1.54, 1.807) is 0 Å². The molecule has 0 aliphatic carbocycles. The zero-order chi connectivity index (χ0) is 19.3. The van der Waals surface area contributed by atoms with E-state index in [1.807, 2.05) is 4.90 Å². The third-order valence-electron chi connectivity index (χ3n) is 4.38. The summed E-state index contributed by atoms with van der Waals surface area (Å²) in [4.78, 5) is 12.8. The molecule has 7 nitrogen and oxygen atoms in total. The van der Waals surface area contributed by atoms with Crippen molar-refractivity contribution in [3.05, 3.63) is 27.8 Å². The number of nitrogens with one attached hydrogen (secondary N) is 1. The van der Waals surface area contributed by atoms with Crippen LogP contribution < -0.4 is 14.8 Å². The molecule has 1 aromatic carbocycles. The van der Waals surface area contributed by atoms with Crippen LogP contribution >= 0.6 is 0 Å². The summed E-state index contributed by atoms with van der Waals surface area (Å²) in [6, 6.07) is 1.88. The fourth-order valence-corrected chi connectivity index (χ4v) is 3.14. The van der Waals surface area contributed by atoms with E-state index >= 15 is 0 Å². The van der Waals surface area contributed by atoms with Crippen molar-refractivity contribution in [3.63, 3.8) is 0 Å². The molecular formula is C16H22F3N3O4. The fraction of sp³-hybridized carbons (Fsp3) is 0.625. The van der Waals surface area contributed by atoms with Crippen molar-refractivity contribution in [2.24, 2.45) is 0 Å². The molecule has 1 heterocycles. The van der Waals surface area contributed by atoms with E-state index in [2.05, 4.69) is 5.32 Å². The molecule has 1 aliphatic rings. The second-order valence-corrected chi connectivity index (χ2v) is 5.98. The lowest BCUT2D eigenvalue weighted by Gasteiger charge is -2.35. The van der Waals surface area contributed by atoms with Crippen molar-refractivity contribution < 1.29 is 27.6 Å². The van der Waals surface area contributed by atoms with Gasteiger partial charge in [0.1, 0.15) is 0 Å². The van der Waals surface area contributed by atoms with E-state index in [9.17, 15) is 23.3 Å². The lowest BCUT2D eigenvalue weighted by molar-refractivity contribution is -0.386. The first-order valence-corrected chi connectivity index (χ1v) is 8.18. The largest absolute Gasteiger partial charge is 0.493 e. The number of nitro groups is 1. The third kappa shape index (κ3) is 4.98. The van der Waals surface area contributed by atoms with Gasteiger partial charge in [-0.15, -0.1) is 0 Å². The summed E-state index contributed by atoms with van der Waals surface area (Å²) in [6.45, 7) is 2.25. The Bertz CT molecular complexity index is 634. The first-order chi connectivity index (χ1) is 12.3. The van der Waals surface area contributed by atoms with Gasteiger partial charge in [-0.25, -0.2) is 0 Å². The topological polar surface area (TPSA) is 76.9 Å². The van der Waals surface area contributed by atoms with Crippen molar-refractivity contribution in [2.45, 2.75) is 25.1 Å². The number of methoxy groups -OCH3 is 2. The number of piperazine rings is 1. The molecular weight excluding hydrogens is 355 g/mol. The number of rotatable bonds is 7. The first kappa shape index (κ1) is 20.2. The molecule has 0 aromatic heterocycles. The van der Waals surface area contributed by atoms with Crippen LogP contribution in [0.25, 0.3) is 0 Å². The highest BCUT2D eigenvalue weighted by atomic mass is 19.4. The van der Waals surface area contributed by atoms with Gasteiger partial charge in [0.25, 0.3) is 5.69 Å². The van der Waals surface area contributed by atoms with E-state index < -0.39 is 23.6 Å². The Kier molecular flexibility index (Phi) is 6.65. The zero-order valence-electron chi connectivity index (χ0n) is 14.6. The van der Waals surface area contributed by atoms with Crippen LogP contribution in [-0.4, -0.2) is 56.4 Å². The Morgan fingerprint density at radius 1 is 1.23 bits per heavy atom. The van der Waals surface area contributed by atoms with Crippen molar-refractivity contribution in [3.8, 4) is 11.5 Å². The normalized spacial score (nSPS) is 17.0. The maximum atomic E-state index is 12.8. The molecule has 146 valence electrons.